The summed E-state index contributed by atoms with van der Waals surface area (Å²) in [6.07, 6.45) is 7.50. The summed E-state index contributed by atoms with van der Waals surface area (Å²) in [4.78, 5) is 0. The van der Waals surface area contributed by atoms with Crippen molar-refractivity contribution >= 4 is 0 Å². The van der Waals surface area contributed by atoms with E-state index in [2.05, 4.69) is 5.32 Å². The van der Waals surface area contributed by atoms with Gasteiger partial charge in [-0.3, -0.25) is 0 Å². The van der Waals surface area contributed by atoms with E-state index in [1.54, 1.807) is 7.05 Å². The molecule has 0 bridgehead atoms. The number of hydrogen-bond donors (Lipinski definition) is 2. The summed E-state index contributed by atoms with van der Waals surface area (Å²) in [5.74, 6) is 0. The van der Waals surface area contributed by atoms with Crippen LogP contribution < -0.4 is 5.32 Å². The van der Waals surface area contributed by atoms with Gasteiger partial charge in [0.05, 0.1) is 6.61 Å². The summed E-state index contributed by atoms with van der Waals surface area (Å²) in [6, 6.07) is 0. The van der Waals surface area contributed by atoms with Crippen molar-refractivity contribution < 1.29 is 5.11 Å². The van der Waals surface area contributed by atoms with Gasteiger partial charge in [0.15, 0.2) is 0 Å². The fraction of sp³-hybridized carbons (Fsp3) is 1.00. The monoisotopic (exact) mass is 145 g/mol. The van der Waals surface area contributed by atoms with Gasteiger partial charge in [-0.05, 0) is 7.05 Å². The Morgan fingerprint density at radius 1 is 1.10 bits per heavy atom. The molecule has 0 unspecified atom stereocenters. The van der Waals surface area contributed by atoms with E-state index in [-0.39, 0.29) is 6.61 Å². The van der Waals surface area contributed by atoms with Gasteiger partial charge in [0.2, 0.25) is 0 Å². The van der Waals surface area contributed by atoms with Crippen LogP contribution in [-0.4, -0.2) is 25.3 Å². The first-order valence-corrected chi connectivity index (χ1v) is 4.17. The minimum atomic E-state index is 0.233. The van der Waals surface area contributed by atoms with Crippen LogP contribution in [0, 0.1) is 0 Å². The molecule has 1 saturated carbocycles. The van der Waals surface area contributed by atoms with Crippen LogP contribution in [0.1, 0.15) is 32.1 Å². The van der Waals surface area contributed by atoms with E-state index in [0.717, 1.165) is 0 Å². The second-order valence-corrected chi connectivity index (χ2v) is 2.59. The van der Waals surface area contributed by atoms with Crippen molar-refractivity contribution in [2.45, 2.75) is 32.1 Å². The van der Waals surface area contributed by atoms with E-state index < -0.39 is 0 Å². The van der Waals surface area contributed by atoms with E-state index in [0.29, 0.717) is 6.54 Å². The molecule has 1 aliphatic carbocycles. The van der Waals surface area contributed by atoms with Gasteiger partial charge in [0.25, 0.3) is 0 Å². The molecule has 0 atom stereocenters. The van der Waals surface area contributed by atoms with Gasteiger partial charge in [0, 0.05) is 6.54 Å². The lowest BCUT2D eigenvalue weighted by molar-refractivity contribution is 0.296. The smallest absolute Gasteiger partial charge is 0.0555 e. The van der Waals surface area contributed by atoms with Crippen LogP contribution in [0.3, 0.4) is 0 Å². The highest BCUT2D eigenvalue weighted by Gasteiger charge is 1.95. The van der Waals surface area contributed by atoms with Crippen LogP contribution in [-0.2, 0) is 0 Å². The normalized spacial score (nSPS) is 16.2. The van der Waals surface area contributed by atoms with Crippen molar-refractivity contribution in [3.8, 4) is 0 Å². The predicted molar refractivity (Wildman–Crippen MR) is 44.1 cm³/mol. The minimum Gasteiger partial charge on any atom is -0.395 e. The lowest BCUT2D eigenvalue weighted by atomic mass is 10.4. The Bertz CT molecular complexity index is 43.6. The first-order valence-electron chi connectivity index (χ1n) is 4.17. The van der Waals surface area contributed by atoms with Gasteiger partial charge in [-0.2, -0.15) is 0 Å². The Kier molecular flexibility index (Phi) is 8.85. The summed E-state index contributed by atoms with van der Waals surface area (Å²) < 4.78 is 0. The molecule has 10 heavy (non-hydrogen) atoms. The molecule has 1 aliphatic rings. The van der Waals surface area contributed by atoms with Gasteiger partial charge in [-0.15, -0.1) is 0 Å². The maximum absolute atomic E-state index is 8.00. The molecule has 0 aliphatic heterocycles. The Morgan fingerprint density at radius 2 is 1.50 bits per heavy atom. The molecule has 0 aromatic rings. The van der Waals surface area contributed by atoms with Crippen LogP contribution in [0.2, 0.25) is 0 Å². The van der Waals surface area contributed by atoms with Crippen LogP contribution in [0.4, 0.5) is 0 Å². The zero-order valence-corrected chi connectivity index (χ0v) is 6.90. The Balaban J connectivity index is 0.000000162. The quantitative estimate of drug-likeness (QED) is 0.611. The molecular formula is C8H19NO. The lowest BCUT2D eigenvalue weighted by Crippen LogP contribution is -2.10. The molecule has 0 spiro atoms. The lowest BCUT2D eigenvalue weighted by Gasteiger charge is -1.84. The van der Waals surface area contributed by atoms with Crippen molar-refractivity contribution in [2.24, 2.45) is 0 Å². The molecule has 2 N–H and O–H groups in total. The molecule has 62 valence electrons. The maximum atomic E-state index is 8.00. The fourth-order valence-electron chi connectivity index (χ4n) is 0.996. The van der Waals surface area contributed by atoms with Gasteiger partial charge >= 0.3 is 0 Å². The summed E-state index contributed by atoms with van der Waals surface area (Å²) in [7, 11) is 1.80. The average Bonchev–Trinajstić information content (AvgIpc) is 2.44. The summed E-state index contributed by atoms with van der Waals surface area (Å²) in [5.41, 5.74) is 0. The van der Waals surface area contributed by atoms with E-state index in [9.17, 15) is 0 Å². The first kappa shape index (κ1) is 9.92. The zero-order valence-electron chi connectivity index (χ0n) is 6.90. The van der Waals surface area contributed by atoms with Crippen molar-refractivity contribution in [3.05, 3.63) is 0 Å². The molecule has 0 amide bonds. The van der Waals surface area contributed by atoms with E-state index in [1.165, 1.54) is 32.1 Å². The molecule has 0 radical (unpaired) electrons. The molecule has 1 fully saturated rings. The fourth-order valence-corrected chi connectivity index (χ4v) is 0.996. The molecule has 2 nitrogen and oxygen atoms in total. The van der Waals surface area contributed by atoms with E-state index >= 15 is 0 Å². The second kappa shape index (κ2) is 8.92. The Labute approximate surface area is 63.6 Å². The van der Waals surface area contributed by atoms with Gasteiger partial charge in [0.1, 0.15) is 0 Å². The average molecular weight is 145 g/mol. The summed E-state index contributed by atoms with van der Waals surface area (Å²) in [5, 5.41) is 10.8. The molecule has 1 rings (SSSR count). The second-order valence-electron chi connectivity index (χ2n) is 2.59. The highest BCUT2D eigenvalue weighted by Crippen LogP contribution is 2.15. The number of hydrogen-bond acceptors (Lipinski definition) is 2. The minimum absolute atomic E-state index is 0.233. The topological polar surface area (TPSA) is 32.3 Å². The molecule has 0 heterocycles. The summed E-state index contributed by atoms with van der Waals surface area (Å²) in [6.45, 7) is 0.927. The van der Waals surface area contributed by atoms with Crippen LogP contribution in [0.25, 0.3) is 0 Å². The number of rotatable bonds is 2. The Hall–Kier alpha value is -0.0800. The van der Waals surface area contributed by atoms with Crippen molar-refractivity contribution in [1.29, 1.82) is 0 Å². The number of aliphatic hydroxyl groups excluding tert-OH is 1. The third-order valence-corrected chi connectivity index (χ3v) is 1.61. The van der Waals surface area contributed by atoms with Crippen LogP contribution in [0.5, 0.6) is 0 Å². The standard InChI is InChI=1S/C5H10.C3H9NO/c1-2-4-5-3-1;1-4-2-3-5/h1-5H2;4-5H,2-3H2,1H3. The van der Waals surface area contributed by atoms with Crippen molar-refractivity contribution in [2.75, 3.05) is 20.2 Å². The molecule has 0 aromatic carbocycles. The molecular weight excluding hydrogens is 126 g/mol. The largest absolute Gasteiger partial charge is 0.395 e. The van der Waals surface area contributed by atoms with Gasteiger partial charge in [-0.25, -0.2) is 0 Å². The number of nitrogens with one attached hydrogen (secondary N) is 1. The number of likely N-dealkylation sites (N-methyl/N-ethyl adjacent to an activating group) is 1. The van der Waals surface area contributed by atoms with E-state index in [1.807, 2.05) is 0 Å². The third-order valence-electron chi connectivity index (χ3n) is 1.61. The van der Waals surface area contributed by atoms with Crippen molar-refractivity contribution in [3.63, 3.8) is 0 Å². The zero-order chi connectivity index (χ0) is 7.66. The third kappa shape index (κ3) is 7.92. The Morgan fingerprint density at radius 3 is 1.60 bits per heavy atom. The highest BCUT2D eigenvalue weighted by molar-refractivity contribution is 4.51. The number of aliphatic hydroxyl groups is 1. The SMILES string of the molecule is C1CCCC1.CNCCO. The van der Waals surface area contributed by atoms with E-state index in [4.69, 9.17) is 5.11 Å². The molecule has 0 saturated heterocycles. The predicted octanol–water partition coefficient (Wildman–Crippen LogP) is 1.15. The van der Waals surface area contributed by atoms with Gasteiger partial charge in [-0.1, -0.05) is 32.1 Å². The summed E-state index contributed by atoms with van der Waals surface area (Å²) >= 11 is 0. The van der Waals surface area contributed by atoms with Gasteiger partial charge < -0.3 is 10.4 Å². The van der Waals surface area contributed by atoms with Crippen LogP contribution >= 0.6 is 0 Å². The maximum Gasteiger partial charge on any atom is 0.0555 e. The molecule has 0 aromatic heterocycles. The highest BCUT2D eigenvalue weighted by atomic mass is 16.3. The first-order chi connectivity index (χ1) is 4.91. The van der Waals surface area contributed by atoms with Crippen LogP contribution in [0.15, 0.2) is 0 Å². The van der Waals surface area contributed by atoms with Crippen molar-refractivity contribution in [1.82, 2.24) is 5.32 Å². The molecule has 2 heteroatoms.